The summed E-state index contributed by atoms with van der Waals surface area (Å²) in [5.74, 6) is -11.5. The normalized spacial score (nSPS) is 13.1. The fourth-order valence-electron chi connectivity index (χ4n) is 7.41. The third-order valence-electron chi connectivity index (χ3n) is 11.8. The Labute approximate surface area is 437 Å². The molecule has 0 saturated carbocycles. The van der Waals surface area contributed by atoms with Crippen LogP contribution in [0, 0.1) is 0 Å². The molecule has 0 heterocycles. The second-order valence-electron chi connectivity index (χ2n) is 17.7. The predicted molar refractivity (Wildman–Crippen MR) is 265 cm³/mol. The number of carboxylic acid groups (broad SMARTS) is 2. The fraction of sp³-hybridized carbons (Fsp3) is 0.735. The van der Waals surface area contributed by atoms with E-state index in [-0.39, 0.29) is 38.5 Å². The molecule has 0 spiro atoms. The highest BCUT2D eigenvalue weighted by Crippen LogP contribution is 2.13. The molecular formula is C49H81N7O19. The van der Waals surface area contributed by atoms with Crippen molar-refractivity contribution in [2.75, 3.05) is 35.5 Å². The first-order valence-electron chi connectivity index (χ1n) is 25.4. The lowest BCUT2D eigenvalue weighted by atomic mass is 10.0. The van der Waals surface area contributed by atoms with Gasteiger partial charge in [0.2, 0.25) is 41.4 Å². The van der Waals surface area contributed by atoms with Crippen molar-refractivity contribution in [1.29, 1.82) is 0 Å². The van der Waals surface area contributed by atoms with Gasteiger partial charge in [-0.05, 0) is 44.9 Å². The topological polar surface area (TPSA) is 384 Å². The van der Waals surface area contributed by atoms with E-state index < -0.39 is 158 Å². The van der Waals surface area contributed by atoms with Crippen LogP contribution in [0.1, 0.15) is 161 Å². The zero-order valence-corrected chi connectivity index (χ0v) is 44.3. The molecule has 0 aliphatic rings. The standard InChI is InChI=1S/C49H81N7O19/c1-7-8-9-10-11-12-13-14-15-16-17-18-38(58)51-31(44(64)65)19-26-40(60)54-36(49(71)75-6)24-30-43(63)56-34(47(69)73-4)22-28-39(59)52-32(45(66)67)20-27-41(61)55-35(48(70)74-5)23-29-42(62)53-33(46(68)72-3)21-25-37(57)50-2/h31-36H,7-30H2,1-6H3,(H,50,57)(H,51,58)(H,52,59)(H,53,62)(H,54,60)(H,55,61)(H,56,63)(H,64,65)(H,66,67). The molecule has 0 rings (SSSR count). The summed E-state index contributed by atoms with van der Waals surface area (Å²) in [5.41, 5.74) is 0. The van der Waals surface area contributed by atoms with E-state index in [1.165, 1.54) is 45.6 Å². The summed E-state index contributed by atoms with van der Waals surface area (Å²) in [6, 6.07) is -8.43. The van der Waals surface area contributed by atoms with E-state index >= 15 is 0 Å². The number of unbranched alkanes of at least 4 members (excludes halogenated alkanes) is 10. The van der Waals surface area contributed by atoms with Gasteiger partial charge in [0.05, 0.1) is 28.4 Å². The van der Waals surface area contributed by atoms with E-state index in [9.17, 15) is 72.5 Å². The first-order chi connectivity index (χ1) is 35.7. The number of carbonyl (C=O) groups excluding carboxylic acids is 11. The summed E-state index contributed by atoms with van der Waals surface area (Å²) in [6.45, 7) is 2.18. The van der Waals surface area contributed by atoms with Crippen LogP contribution in [0.4, 0.5) is 0 Å². The molecule has 75 heavy (non-hydrogen) atoms. The molecular weight excluding hydrogens is 991 g/mol. The minimum atomic E-state index is -1.65. The minimum Gasteiger partial charge on any atom is -0.480 e. The monoisotopic (exact) mass is 1070 g/mol. The molecule has 26 heteroatoms. The SMILES string of the molecule is CCCCCCCCCCCCCC(=O)NC(CCC(=O)NC(CCC(=O)NC(CCC(=O)NC(CCC(=O)NC(CCC(=O)NC(CCC(=O)NC)C(=O)OC)C(=O)OC)C(=O)O)C(=O)OC)C(=O)OC)C(=O)O. The number of carbonyl (C=O) groups is 13. The Bertz CT molecular complexity index is 1880. The van der Waals surface area contributed by atoms with Crippen LogP contribution in [0.5, 0.6) is 0 Å². The Kier molecular flexibility index (Phi) is 36.8. The number of aliphatic carboxylic acids is 2. The summed E-state index contributed by atoms with van der Waals surface area (Å²) >= 11 is 0. The number of ether oxygens (including phenoxy) is 4. The molecule has 0 aromatic carbocycles. The van der Waals surface area contributed by atoms with Crippen LogP contribution in [-0.4, -0.2) is 159 Å². The summed E-state index contributed by atoms with van der Waals surface area (Å²) < 4.78 is 18.8. The number of hydrogen-bond acceptors (Lipinski definition) is 17. The number of carboxylic acids is 2. The van der Waals surface area contributed by atoms with Gasteiger partial charge in [-0.3, -0.25) is 33.6 Å². The maximum atomic E-state index is 13.0. The van der Waals surface area contributed by atoms with Gasteiger partial charge >= 0.3 is 35.8 Å². The van der Waals surface area contributed by atoms with Crippen LogP contribution in [0.15, 0.2) is 0 Å². The third-order valence-corrected chi connectivity index (χ3v) is 11.8. The van der Waals surface area contributed by atoms with E-state index in [2.05, 4.69) is 48.9 Å². The average Bonchev–Trinajstić information content (AvgIpc) is 3.38. The first kappa shape index (κ1) is 68.1. The van der Waals surface area contributed by atoms with Crippen molar-refractivity contribution in [3.05, 3.63) is 0 Å². The minimum absolute atomic E-state index is 0.0872. The highest BCUT2D eigenvalue weighted by Gasteiger charge is 2.30. The highest BCUT2D eigenvalue weighted by atomic mass is 16.5. The first-order valence-corrected chi connectivity index (χ1v) is 25.4. The second kappa shape index (κ2) is 40.5. The van der Waals surface area contributed by atoms with Gasteiger partial charge in [-0.1, -0.05) is 71.1 Å². The zero-order valence-electron chi connectivity index (χ0n) is 44.3. The Hall–Kier alpha value is -6.89. The van der Waals surface area contributed by atoms with Gasteiger partial charge < -0.3 is 66.4 Å². The predicted octanol–water partition coefficient (Wildman–Crippen LogP) is 0.885. The third kappa shape index (κ3) is 32.1. The molecule has 426 valence electrons. The number of amides is 7. The molecule has 0 bridgehead atoms. The van der Waals surface area contributed by atoms with Gasteiger partial charge in [-0.25, -0.2) is 28.8 Å². The Morgan fingerprint density at radius 1 is 0.320 bits per heavy atom. The number of methoxy groups -OCH3 is 4. The Morgan fingerprint density at radius 3 is 0.773 bits per heavy atom. The average molecular weight is 1070 g/mol. The van der Waals surface area contributed by atoms with Crippen molar-refractivity contribution in [3.63, 3.8) is 0 Å². The molecule has 6 atom stereocenters. The van der Waals surface area contributed by atoms with E-state index in [1.807, 2.05) is 0 Å². The number of hydrogen-bond donors (Lipinski definition) is 9. The highest BCUT2D eigenvalue weighted by molar-refractivity contribution is 5.90. The van der Waals surface area contributed by atoms with Crippen molar-refractivity contribution in [3.8, 4) is 0 Å². The lowest BCUT2D eigenvalue weighted by molar-refractivity contribution is -0.147. The molecule has 26 nitrogen and oxygen atoms in total. The second-order valence-corrected chi connectivity index (χ2v) is 17.7. The molecule has 9 N–H and O–H groups in total. The van der Waals surface area contributed by atoms with Gasteiger partial charge in [0.25, 0.3) is 0 Å². The van der Waals surface area contributed by atoms with Crippen LogP contribution in [-0.2, 0) is 81.3 Å². The Morgan fingerprint density at radius 2 is 0.533 bits per heavy atom. The van der Waals surface area contributed by atoms with Gasteiger partial charge in [0.15, 0.2) is 0 Å². The number of nitrogens with one attached hydrogen (secondary N) is 7. The van der Waals surface area contributed by atoms with E-state index in [4.69, 9.17) is 14.2 Å². The van der Waals surface area contributed by atoms with Crippen LogP contribution in [0.2, 0.25) is 0 Å². The smallest absolute Gasteiger partial charge is 0.328 e. The van der Waals surface area contributed by atoms with Crippen LogP contribution >= 0.6 is 0 Å². The Balaban J connectivity index is 5.21. The zero-order chi connectivity index (χ0) is 56.7. The van der Waals surface area contributed by atoms with E-state index in [0.29, 0.717) is 6.42 Å². The molecule has 6 unspecified atom stereocenters. The van der Waals surface area contributed by atoms with Crippen molar-refractivity contribution >= 4 is 77.2 Å². The van der Waals surface area contributed by atoms with Crippen LogP contribution in [0.3, 0.4) is 0 Å². The van der Waals surface area contributed by atoms with Gasteiger partial charge in [0, 0.05) is 52.0 Å². The lowest BCUT2D eigenvalue weighted by Crippen LogP contribution is -2.46. The maximum absolute atomic E-state index is 13.0. The molecule has 0 radical (unpaired) electrons. The van der Waals surface area contributed by atoms with Gasteiger partial charge in [-0.15, -0.1) is 0 Å². The molecule has 0 fully saturated rings. The summed E-state index contributed by atoms with van der Waals surface area (Å²) in [6.07, 6.45) is 7.66. The molecule has 0 aromatic rings. The van der Waals surface area contributed by atoms with Crippen molar-refractivity contribution in [1.82, 2.24) is 37.2 Å². The van der Waals surface area contributed by atoms with Crippen LogP contribution in [0.25, 0.3) is 0 Å². The quantitative estimate of drug-likeness (QED) is 0.0233. The summed E-state index contributed by atoms with van der Waals surface area (Å²) in [7, 11) is 5.55. The molecule has 7 amide bonds. The molecule has 0 saturated heterocycles. The van der Waals surface area contributed by atoms with Crippen molar-refractivity contribution in [2.45, 2.75) is 197 Å². The van der Waals surface area contributed by atoms with E-state index in [1.54, 1.807) is 0 Å². The largest absolute Gasteiger partial charge is 0.480 e. The van der Waals surface area contributed by atoms with Gasteiger partial charge in [-0.2, -0.15) is 0 Å². The van der Waals surface area contributed by atoms with Crippen molar-refractivity contribution in [2.24, 2.45) is 0 Å². The van der Waals surface area contributed by atoms with E-state index in [0.717, 1.165) is 54.1 Å². The van der Waals surface area contributed by atoms with Crippen molar-refractivity contribution < 1.29 is 91.5 Å². The molecule has 0 aliphatic carbocycles. The number of rotatable bonds is 42. The number of esters is 4. The van der Waals surface area contributed by atoms with Gasteiger partial charge in [0.1, 0.15) is 36.3 Å². The fourth-order valence-corrected chi connectivity index (χ4v) is 7.41. The molecule has 0 aromatic heterocycles. The maximum Gasteiger partial charge on any atom is 0.328 e. The summed E-state index contributed by atoms with van der Waals surface area (Å²) in [4.78, 5) is 162. The molecule has 0 aliphatic heterocycles. The lowest BCUT2D eigenvalue weighted by Gasteiger charge is -2.20. The summed E-state index contributed by atoms with van der Waals surface area (Å²) in [5, 5.41) is 36.0. The van der Waals surface area contributed by atoms with Crippen LogP contribution < -0.4 is 37.2 Å².